The van der Waals surface area contributed by atoms with Crippen LogP contribution in [-0.4, -0.2) is 23.3 Å². The van der Waals surface area contributed by atoms with Crippen molar-refractivity contribution >= 4 is 131 Å². The average Bonchev–Trinajstić information content (AvgIpc) is 1.55. The molecule has 0 aliphatic carbocycles. The quantitative estimate of drug-likeness (QED) is 0.145. The van der Waals surface area contributed by atoms with Gasteiger partial charge in [-0.05, 0) is 217 Å². The summed E-state index contributed by atoms with van der Waals surface area (Å²) in [5.41, 5.74) is 26.9. The summed E-state index contributed by atoms with van der Waals surface area (Å²) < 4.78 is 16.2. The van der Waals surface area contributed by atoms with Crippen LogP contribution in [0.25, 0.3) is 209 Å². The molecule has 0 aliphatic heterocycles. The highest BCUT2D eigenvalue weighted by atomic mass is 16.3. The lowest BCUT2D eigenvalue weighted by molar-refractivity contribution is 0.669. The number of pyridine rings is 1. The number of para-hydroxylation sites is 4. The minimum Gasteiger partial charge on any atom is -0.456 e. The normalized spacial score (nSPS) is 12.1. The number of fused-ring (bicyclic) bond motifs is 19. The molecule has 0 amide bonds. The third kappa shape index (κ3) is 8.84. The van der Waals surface area contributed by atoms with Gasteiger partial charge in [-0.15, -0.1) is 0 Å². The minimum absolute atomic E-state index is 0.887. The molecular formula is C97H59N5O. The van der Waals surface area contributed by atoms with Gasteiger partial charge in [0.15, 0.2) is 0 Å². The van der Waals surface area contributed by atoms with Gasteiger partial charge in [-0.1, -0.05) is 206 Å². The molecule has 6 nitrogen and oxygen atoms in total. The van der Waals surface area contributed by atoms with Crippen molar-refractivity contribution in [1.29, 1.82) is 0 Å². The third-order valence-electron chi connectivity index (χ3n) is 21.7. The molecule has 6 heterocycles. The summed E-state index contributed by atoms with van der Waals surface area (Å²) in [7, 11) is 0. The molecule has 0 bridgehead atoms. The standard InChI is InChI=1S/C97H59N5O/c1-3-18-60(19-4-1)70-49-71(51-72(50-70)64-23-16-27-76(53-64)100-86-32-12-9-30-82(86)94-88(100)45-43-80-84-54-65-20-7-8-21-66(65)56-90(84)101(96(80)94)74-24-5-2-6-25-74)62-37-35-61(36-38-62)67-39-40-68-55-85-81-44-46-89-95(97(81)102(77-28-17-47-98-59-77)91(85)57-73(68)48-67)83-31-10-13-33-87(83)99(89)75-26-15-22-63(52-75)69-41-42-79-78-29-11-14-34-92(78)103-93(79)58-69/h1-59H. The summed E-state index contributed by atoms with van der Waals surface area (Å²) in [5.74, 6) is 0. The van der Waals surface area contributed by atoms with E-state index in [-0.39, 0.29) is 0 Å². The van der Waals surface area contributed by atoms with Crippen molar-refractivity contribution in [3.8, 4) is 78.4 Å². The van der Waals surface area contributed by atoms with Gasteiger partial charge in [0.2, 0.25) is 0 Å². The zero-order valence-electron chi connectivity index (χ0n) is 55.7. The predicted octanol–water partition coefficient (Wildman–Crippen LogP) is 26.0. The molecule has 6 aromatic heterocycles. The largest absolute Gasteiger partial charge is 0.456 e. The van der Waals surface area contributed by atoms with Gasteiger partial charge in [0.05, 0.1) is 56.0 Å². The first-order valence-corrected chi connectivity index (χ1v) is 35.3. The molecule has 0 unspecified atom stereocenters. The second-order valence-electron chi connectivity index (χ2n) is 27.4. The topological polar surface area (TPSA) is 45.8 Å². The van der Waals surface area contributed by atoms with Gasteiger partial charge >= 0.3 is 0 Å². The maximum Gasteiger partial charge on any atom is 0.136 e. The van der Waals surface area contributed by atoms with Crippen LogP contribution < -0.4 is 0 Å². The lowest BCUT2D eigenvalue weighted by Gasteiger charge is -2.14. The van der Waals surface area contributed by atoms with Crippen molar-refractivity contribution in [1.82, 2.24) is 23.3 Å². The summed E-state index contributed by atoms with van der Waals surface area (Å²) in [6.45, 7) is 0. The Bertz CT molecular complexity index is 7270. The zero-order chi connectivity index (χ0) is 67.4. The van der Waals surface area contributed by atoms with Crippen LogP contribution in [0.4, 0.5) is 0 Å². The van der Waals surface area contributed by atoms with Crippen LogP contribution in [0, 0.1) is 0 Å². The number of benzene rings is 16. The predicted molar refractivity (Wildman–Crippen MR) is 431 cm³/mol. The second kappa shape index (κ2) is 22.4. The number of aromatic nitrogens is 5. The van der Waals surface area contributed by atoms with E-state index in [2.05, 4.69) is 346 Å². The van der Waals surface area contributed by atoms with E-state index in [1.54, 1.807) is 0 Å². The zero-order valence-corrected chi connectivity index (χ0v) is 55.7. The molecule has 22 rings (SSSR count). The molecule has 0 spiro atoms. The van der Waals surface area contributed by atoms with Gasteiger partial charge in [-0.3, -0.25) is 4.98 Å². The van der Waals surface area contributed by atoms with E-state index in [9.17, 15) is 0 Å². The van der Waals surface area contributed by atoms with Crippen LogP contribution in [0.5, 0.6) is 0 Å². The highest BCUT2D eigenvalue weighted by Gasteiger charge is 2.25. The van der Waals surface area contributed by atoms with Crippen molar-refractivity contribution in [3.05, 3.63) is 358 Å². The smallest absolute Gasteiger partial charge is 0.136 e. The van der Waals surface area contributed by atoms with E-state index in [0.29, 0.717) is 0 Å². The maximum absolute atomic E-state index is 6.38. The monoisotopic (exact) mass is 1310 g/mol. The summed E-state index contributed by atoms with van der Waals surface area (Å²) in [4.78, 5) is 4.73. The molecule has 16 aromatic carbocycles. The van der Waals surface area contributed by atoms with E-state index in [4.69, 9.17) is 9.40 Å². The summed E-state index contributed by atoms with van der Waals surface area (Å²) in [6.07, 6.45) is 3.86. The summed E-state index contributed by atoms with van der Waals surface area (Å²) >= 11 is 0. The molecule has 0 N–H and O–H groups in total. The van der Waals surface area contributed by atoms with E-state index >= 15 is 0 Å². The van der Waals surface area contributed by atoms with Gasteiger partial charge in [0.25, 0.3) is 0 Å². The second-order valence-corrected chi connectivity index (χ2v) is 27.4. The fraction of sp³-hybridized carbons (Fsp3) is 0. The molecular weight excluding hydrogens is 1250 g/mol. The molecule has 6 heteroatoms. The van der Waals surface area contributed by atoms with Crippen molar-refractivity contribution in [2.45, 2.75) is 0 Å². The Labute approximate surface area is 591 Å². The first kappa shape index (κ1) is 57.1. The molecule has 478 valence electrons. The number of hydrogen-bond acceptors (Lipinski definition) is 2. The van der Waals surface area contributed by atoms with Crippen molar-refractivity contribution in [2.24, 2.45) is 0 Å². The van der Waals surface area contributed by atoms with E-state index in [1.807, 2.05) is 30.6 Å². The van der Waals surface area contributed by atoms with Crippen LogP contribution in [0.15, 0.2) is 363 Å². The molecule has 0 radical (unpaired) electrons. The van der Waals surface area contributed by atoms with Crippen molar-refractivity contribution in [2.75, 3.05) is 0 Å². The van der Waals surface area contributed by atoms with Crippen LogP contribution in [0.2, 0.25) is 0 Å². The Morgan fingerprint density at radius 3 is 1.28 bits per heavy atom. The van der Waals surface area contributed by atoms with Gasteiger partial charge < -0.3 is 22.7 Å². The maximum atomic E-state index is 6.38. The summed E-state index contributed by atoms with van der Waals surface area (Å²) in [5, 5.41) is 16.8. The number of nitrogens with zero attached hydrogens (tertiary/aromatic N) is 5. The van der Waals surface area contributed by atoms with Crippen LogP contribution >= 0.6 is 0 Å². The Hall–Kier alpha value is -13.8. The Morgan fingerprint density at radius 1 is 0.204 bits per heavy atom. The SMILES string of the molecule is c1ccc(-c2cc(-c3ccc(-c4ccc5cc6c7ccc8c(c9ccccc9n8-c8cccc(-c9ccc%10c(c9)oc9ccccc9%10)c8)c7n(-c7cccnc7)c6cc5c4)cc3)cc(-c3cccc(-n4c5ccccc5c5c4ccc4c6cc7ccccc7cc6n(-c6ccccc6)c45)c3)c2)cc1. The molecule has 0 atom stereocenters. The highest BCUT2D eigenvalue weighted by Crippen LogP contribution is 2.47. The van der Waals surface area contributed by atoms with Crippen molar-refractivity contribution < 1.29 is 4.42 Å². The van der Waals surface area contributed by atoms with Gasteiger partial charge in [0, 0.05) is 77.1 Å². The lowest BCUT2D eigenvalue weighted by Crippen LogP contribution is -1.96. The van der Waals surface area contributed by atoms with E-state index < -0.39 is 0 Å². The number of hydrogen-bond donors (Lipinski definition) is 0. The Morgan fingerprint density at radius 2 is 0.641 bits per heavy atom. The van der Waals surface area contributed by atoms with Crippen LogP contribution in [0.3, 0.4) is 0 Å². The molecule has 22 aromatic rings. The fourth-order valence-electron chi connectivity index (χ4n) is 17.0. The van der Waals surface area contributed by atoms with Crippen LogP contribution in [-0.2, 0) is 0 Å². The van der Waals surface area contributed by atoms with E-state index in [1.165, 1.54) is 92.3 Å². The Kier molecular flexibility index (Phi) is 12.4. The average molecular weight is 1310 g/mol. The fourth-order valence-corrected chi connectivity index (χ4v) is 17.0. The summed E-state index contributed by atoms with van der Waals surface area (Å²) in [6, 6.07) is 127. The number of furan rings is 1. The first-order chi connectivity index (χ1) is 51.0. The minimum atomic E-state index is 0.887. The highest BCUT2D eigenvalue weighted by molar-refractivity contribution is 6.29. The van der Waals surface area contributed by atoms with Crippen molar-refractivity contribution in [3.63, 3.8) is 0 Å². The third-order valence-corrected chi connectivity index (χ3v) is 21.7. The molecule has 0 fully saturated rings. The van der Waals surface area contributed by atoms with Crippen LogP contribution in [0.1, 0.15) is 0 Å². The molecule has 0 saturated carbocycles. The molecule has 0 saturated heterocycles. The molecule has 103 heavy (non-hydrogen) atoms. The molecule has 0 aliphatic rings. The van der Waals surface area contributed by atoms with Gasteiger partial charge in [0.1, 0.15) is 11.2 Å². The Balaban J connectivity index is 0.644. The van der Waals surface area contributed by atoms with E-state index in [0.717, 1.165) is 117 Å². The van der Waals surface area contributed by atoms with Gasteiger partial charge in [-0.2, -0.15) is 0 Å². The van der Waals surface area contributed by atoms with Gasteiger partial charge in [-0.25, -0.2) is 0 Å². The number of rotatable bonds is 9. The lowest BCUT2D eigenvalue weighted by atomic mass is 9.92. The first-order valence-electron chi connectivity index (χ1n) is 35.3.